The largest absolute Gasteiger partial charge is 0.481 e. The molecule has 2 aromatic rings. The highest BCUT2D eigenvalue weighted by Gasteiger charge is 2.52. The number of benzene rings is 1. The molecule has 5 rings (SSSR count). The van der Waals surface area contributed by atoms with E-state index in [1.54, 1.807) is 29.9 Å². The summed E-state index contributed by atoms with van der Waals surface area (Å²) in [6, 6.07) is 8.61. The molecule has 3 fully saturated rings. The summed E-state index contributed by atoms with van der Waals surface area (Å²) in [5, 5.41) is 0. The van der Waals surface area contributed by atoms with Gasteiger partial charge in [-0.15, -0.1) is 0 Å². The van der Waals surface area contributed by atoms with Crippen LogP contribution in [-0.4, -0.2) is 77.9 Å². The van der Waals surface area contributed by atoms with Gasteiger partial charge >= 0.3 is 12.1 Å². The Morgan fingerprint density at radius 3 is 2.50 bits per heavy atom. The molecule has 3 saturated heterocycles. The van der Waals surface area contributed by atoms with Gasteiger partial charge in [-0.1, -0.05) is 12.1 Å². The van der Waals surface area contributed by atoms with Crippen LogP contribution in [0.3, 0.4) is 0 Å². The lowest BCUT2D eigenvalue weighted by atomic mass is 9.86. The molecule has 0 unspecified atom stereocenters. The van der Waals surface area contributed by atoms with E-state index in [4.69, 9.17) is 14.5 Å². The highest BCUT2D eigenvalue weighted by atomic mass is 19.1. The van der Waals surface area contributed by atoms with Crippen LogP contribution in [0.5, 0.6) is 5.88 Å². The molecule has 2 N–H and O–H groups in total. The molecule has 1 aromatic carbocycles. The Morgan fingerprint density at radius 1 is 1.15 bits per heavy atom. The van der Waals surface area contributed by atoms with Crippen molar-refractivity contribution >= 4 is 17.9 Å². The van der Waals surface area contributed by atoms with E-state index in [0.717, 1.165) is 24.2 Å². The topological polar surface area (TPSA) is 99.3 Å². The smallest absolute Gasteiger partial charge is 0.410 e. The van der Waals surface area contributed by atoms with Crippen molar-refractivity contribution in [2.24, 2.45) is 0 Å². The van der Waals surface area contributed by atoms with Gasteiger partial charge in [-0.2, -0.15) is 4.98 Å². The highest BCUT2D eigenvalue weighted by molar-refractivity contribution is 5.94. The van der Waals surface area contributed by atoms with E-state index in [1.165, 1.54) is 6.07 Å². The zero-order valence-electron chi connectivity index (χ0n) is 23.9. The van der Waals surface area contributed by atoms with Crippen LogP contribution in [0.1, 0.15) is 56.2 Å². The number of rotatable bonds is 5. The highest BCUT2D eigenvalue weighted by Crippen LogP contribution is 2.40. The summed E-state index contributed by atoms with van der Waals surface area (Å²) >= 11 is 0. The molecule has 1 aromatic heterocycles. The van der Waals surface area contributed by atoms with Gasteiger partial charge in [-0.05, 0) is 69.9 Å². The van der Waals surface area contributed by atoms with Crippen LogP contribution in [0.25, 0.3) is 0 Å². The van der Waals surface area contributed by atoms with Gasteiger partial charge in [-0.25, -0.2) is 14.0 Å². The molecule has 3 aliphatic heterocycles. The number of pyridine rings is 1. The van der Waals surface area contributed by atoms with Crippen LogP contribution in [0.2, 0.25) is 0 Å². The lowest BCUT2D eigenvalue weighted by Gasteiger charge is -2.44. The minimum Gasteiger partial charge on any atom is -0.481 e. The first-order chi connectivity index (χ1) is 19.0. The lowest BCUT2D eigenvalue weighted by Crippen LogP contribution is -2.55. The van der Waals surface area contributed by atoms with Crippen molar-refractivity contribution in [3.05, 3.63) is 52.8 Å². The molecule has 216 valence electrons. The molecule has 0 bridgehead atoms. The first kappa shape index (κ1) is 28.1. The summed E-state index contributed by atoms with van der Waals surface area (Å²) in [6.07, 6.45) is 0.781. The fourth-order valence-electron chi connectivity index (χ4n) is 5.81. The minimum atomic E-state index is -0.588. The van der Waals surface area contributed by atoms with E-state index in [2.05, 4.69) is 10.9 Å². The van der Waals surface area contributed by atoms with Gasteiger partial charge in [0, 0.05) is 44.2 Å². The van der Waals surface area contributed by atoms with Crippen molar-refractivity contribution in [2.75, 3.05) is 44.7 Å². The van der Waals surface area contributed by atoms with Crippen molar-refractivity contribution < 1.29 is 23.5 Å². The maximum atomic E-state index is 14.4. The maximum Gasteiger partial charge on any atom is 0.410 e. The molecular formula is C29H39FN6O4. The van der Waals surface area contributed by atoms with Gasteiger partial charge in [0.1, 0.15) is 17.2 Å². The minimum absolute atomic E-state index is 0.194. The van der Waals surface area contributed by atoms with Crippen LogP contribution < -0.4 is 20.5 Å². The SMILES string of the molecule is COc1nc(N2CC3(CCN(C(=O)OC(C)(C)C)CC3)N(Cc3cccc(F)c3C)C2=O)ccc1C1CNNC1. The number of nitrogens with one attached hydrogen (secondary N) is 2. The number of likely N-dealkylation sites (tertiary alicyclic amines) is 1. The number of aromatic nitrogens is 1. The first-order valence-corrected chi connectivity index (χ1v) is 13.8. The number of ether oxygens (including phenoxy) is 2. The van der Waals surface area contributed by atoms with Crippen molar-refractivity contribution in [1.29, 1.82) is 0 Å². The quantitative estimate of drug-likeness (QED) is 0.578. The number of carbonyl (C=O) groups is 2. The van der Waals surface area contributed by atoms with E-state index in [9.17, 15) is 14.0 Å². The number of piperidine rings is 1. The van der Waals surface area contributed by atoms with Gasteiger partial charge in [0.25, 0.3) is 0 Å². The maximum absolute atomic E-state index is 14.4. The van der Waals surface area contributed by atoms with Crippen LogP contribution in [-0.2, 0) is 11.3 Å². The molecule has 0 saturated carbocycles. The number of anilines is 1. The zero-order chi connectivity index (χ0) is 28.7. The standard InChI is InChI=1S/C29H39FN6O4/c1-19-20(7-6-8-23(19)30)17-36-26(37)35(24-10-9-22(25(33-24)39-5)21-15-31-32-16-21)18-29(36)11-13-34(14-12-29)27(38)40-28(2,3)4/h6-10,21,31-32H,11-18H2,1-5H3. The average molecular weight is 555 g/mol. The number of urea groups is 1. The number of amides is 3. The van der Waals surface area contributed by atoms with Crippen molar-refractivity contribution in [3.63, 3.8) is 0 Å². The molecule has 1 spiro atoms. The Morgan fingerprint density at radius 2 is 1.85 bits per heavy atom. The van der Waals surface area contributed by atoms with Gasteiger partial charge in [-0.3, -0.25) is 15.8 Å². The summed E-state index contributed by atoms with van der Waals surface area (Å²) < 4.78 is 25.7. The van der Waals surface area contributed by atoms with Gasteiger partial charge in [0.2, 0.25) is 5.88 Å². The van der Waals surface area contributed by atoms with Crippen molar-refractivity contribution in [1.82, 2.24) is 25.6 Å². The Kier molecular flexibility index (Phi) is 7.62. The van der Waals surface area contributed by atoms with Crippen LogP contribution >= 0.6 is 0 Å². The normalized spacial score (nSPS) is 19.6. The van der Waals surface area contributed by atoms with E-state index >= 15 is 0 Å². The number of carbonyl (C=O) groups excluding carboxylic acids is 2. The number of nitrogens with zero attached hydrogens (tertiary/aromatic N) is 4. The van der Waals surface area contributed by atoms with E-state index in [-0.39, 0.29) is 30.4 Å². The summed E-state index contributed by atoms with van der Waals surface area (Å²) in [7, 11) is 1.59. The Hall–Kier alpha value is -3.44. The lowest BCUT2D eigenvalue weighted by molar-refractivity contribution is 0.00784. The fraction of sp³-hybridized carbons (Fsp3) is 0.552. The first-order valence-electron chi connectivity index (χ1n) is 13.8. The molecular weight excluding hydrogens is 515 g/mol. The molecule has 3 aliphatic rings. The van der Waals surface area contributed by atoms with Crippen LogP contribution in [0, 0.1) is 12.7 Å². The van der Waals surface area contributed by atoms with Crippen LogP contribution in [0.15, 0.2) is 30.3 Å². The number of halogens is 1. The predicted molar refractivity (Wildman–Crippen MR) is 149 cm³/mol. The molecule has 40 heavy (non-hydrogen) atoms. The molecule has 0 aliphatic carbocycles. The Bertz CT molecular complexity index is 1270. The van der Waals surface area contributed by atoms with Gasteiger partial charge in [0.15, 0.2) is 0 Å². The third-order valence-electron chi connectivity index (χ3n) is 8.15. The number of hydrogen-bond acceptors (Lipinski definition) is 7. The third-order valence-corrected chi connectivity index (χ3v) is 8.15. The molecule has 4 heterocycles. The second-order valence-electron chi connectivity index (χ2n) is 11.9. The zero-order valence-corrected chi connectivity index (χ0v) is 23.9. The van der Waals surface area contributed by atoms with Crippen molar-refractivity contribution in [3.8, 4) is 5.88 Å². The number of hydrazine groups is 1. The predicted octanol–water partition coefficient (Wildman–Crippen LogP) is 3.94. The summed E-state index contributed by atoms with van der Waals surface area (Å²) in [5.41, 5.74) is 7.38. The molecule has 0 atom stereocenters. The Labute approximate surface area is 234 Å². The summed E-state index contributed by atoms with van der Waals surface area (Å²) in [4.78, 5) is 36.8. The molecule has 11 heteroatoms. The second kappa shape index (κ2) is 10.9. The molecule has 0 radical (unpaired) electrons. The summed E-state index contributed by atoms with van der Waals surface area (Å²) in [5.74, 6) is 0.917. The van der Waals surface area contributed by atoms with Crippen LogP contribution in [0.4, 0.5) is 19.8 Å². The third kappa shape index (κ3) is 5.44. The number of hydrogen-bond donors (Lipinski definition) is 2. The van der Waals surface area contributed by atoms with E-state index < -0.39 is 11.1 Å². The van der Waals surface area contributed by atoms with Gasteiger partial charge < -0.3 is 19.3 Å². The molecule has 3 amide bonds. The average Bonchev–Trinajstić information content (AvgIpc) is 3.54. The summed E-state index contributed by atoms with van der Waals surface area (Å²) in [6.45, 7) is 10.4. The monoisotopic (exact) mass is 554 g/mol. The molecule has 10 nitrogen and oxygen atoms in total. The fourth-order valence-corrected chi connectivity index (χ4v) is 5.81. The number of methoxy groups -OCH3 is 1. The Balaban J connectivity index is 1.44. The second-order valence-corrected chi connectivity index (χ2v) is 11.9. The van der Waals surface area contributed by atoms with Crippen molar-refractivity contribution in [2.45, 2.75) is 64.1 Å². The van der Waals surface area contributed by atoms with E-state index in [1.807, 2.05) is 43.9 Å². The van der Waals surface area contributed by atoms with E-state index in [0.29, 0.717) is 49.7 Å². The van der Waals surface area contributed by atoms with Gasteiger partial charge in [0.05, 0.1) is 19.2 Å².